The van der Waals surface area contributed by atoms with Crippen LogP contribution in [0.15, 0.2) is 18.2 Å². The summed E-state index contributed by atoms with van der Waals surface area (Å²) in [5.41, 5.74) is 0.877. The first-order valence-electron chi connectivity index (χ1n) is 6.41. The van der Waals surface area contributed by atoms with Gasteiger partial charge in [-0.3, -0.25) is 4.79 Å². The Labute approximate surface area is 113 Å². The van der Waals surface area contributed by atoms with E-state index >= 15 is 0 Å². The lowest BCUT2D eigenvalue weighted by molar-refractivity contribution is -0.129. The Morgan fingerprint density at radius 1 is 1.32 bits per heavy atom. The van der Waals surface area contributed by atoms with Gasteiger partial charge in [-0.15, -0.1) is 0 Å². The highest BCUT2D eigenvalue weighted by Crippen LogP contribution is 2.19. The number of aliphatic hydroxyl groups excluding tert-OH is 1. The number of carbonyl (C=O) groups excluding carboxylic acids is 1. The first-order chi connectivity index (χ1) is 9.03. The highest BCUT2D eigenvalue weighted by atomic mass is 19.1. The Morgan fingerprint density at radius 3 is 2.42 bits per heavy atom. The van der Waals surface area contributed by atoms with E-state index in [1.165, 1.54) is 6.07 Å². The summed E-state index contributed by atoms with van der Waals surface area (Å²) < 4.78 is 13.8. The smallest absolute Gasteiger partial charge is 0.242 e. The lowest BCUT2D eigenvalue weighted by Gasteiger charge is -2.24. The third kappa shape index (κ3) is 3.92. The minimum atomic E-state index is -0.429. The fraction of sp³-hybridized carbons (Fsp3) is 0.500. The third-order valence-electron chi connectivity index (χ3n) is 3.09. The van der Waals surface area contributed by atoms with E-state index in [1.54, 1.807) is 29.0 Å². The average Bonchev–Trinajstić information content (AvgIpc) is 2.39. The van der Waals surface area contributed by atoms with Gasteiger partial charge >= 0.3 is 0 Å². The summed E-state index contributed by atoms with van der Waals surface area (Å²) in [5, 5.41) is 8.93. The van der Waals surface area contributed by atoms with Crippen molar-refractivity contribution in [2.75, 3.05) is 31.6 Å². The van der Waals surface area contributed by atoms with Gasteiger partial charge in [-0.2, -0.15) is 0 Å². The summed E-state index contributed by atoms with van der Waals surface area (Å²) in [4.78, 5) is 15.2. The van der Waals surface area contributed by atoms with Crippen molar-refractivity contribution in [1.82, 2.24) is 4.90 Å². The summed E-state index contributed by atoms with van der Waals surface area (Å²) in [5.74, 6) is -0.459. The fourth-order valence-corrected chi connectivity index (χ4v) is 1.92. The number of anilines is 1. The molecule has 0 spiro atoms. The van der Waals surface area contributed by atoms with Gasteiger partial charge in [-0.25, -0.2) is 4.39 Å². The molecule has 19 heavy (non-hydrogen) atoms. The lowest BCUT2D eigenvalue weighted by Crippen LogP contribution is -2.39. The van der Waals surface area contributed by atoms with Crippen LogP contribution in [0.25, 0.3) is 0 Å². The van der Waals surface area contributed by atoms with Gasteiger partial charge in [0.1, 0.15) is 5.82 Å². The predicted molar refractivity (Wildman–Crippen MR) is 73.5 cm³/mol. The van der Waals surface area contributed by atoms with Crippen LogP contribution >= 0.6 is 0 Å². The van der Waals surface area contributed by atoms with E-state index in [-0.39, 0.29) is 19.1 Å². The number of hydrogen-bond acceptors (Lipinski definition) is 3. The van der Waals surface area contributed by atoms with Gasteiger partial charge in [0.25, 0.3) is 0 Å². The fourth-order valence-electron chi connectivity index (χ4n) is 1.92. The predicted octanol–water partition coefficient (Wildman–Crippen LogP) is 1.62. The van der Waals surface area contributed by atoms with Gasteiger partial charge in [0.2, 0.25) is 5.91 Å². The molecular formula is C14H21FN2O2. The zero-order chi connectivity index (χ0) is 14.4. The van der Waals surface area contributed by atoms with Gasteiger partial charge in [0.05, 0.1) is 18.8 Å². The molecule has 0 bridgehead atoms. The second-order valence-electron chi connectivity index (χ2n) is 4.37. The zero-order valence-corrected chi connectivity index (χ0v) is 11.7. The molecule has 5 heteroatoms. The molecule has 0 aliphatic carbocycles. The van der Waals surface area contributed by atoms with Crippen LogP contribution in [0.4, 0.5) is 10.1 Å². The van der Waals surface area contributed by atoms with Crippen molar-refractivity contribution >= 4 is 11.6 Å². The Balaban J connectivity index is 2.78. The standard InChI is InChI=1S/C14H21FN2O2/c1-4-17(5-2)14(19)9-16(3)13-7-6-11(10-18)8-12(13)15/h6-8,18H,4-5,9-10H2,1-3H3. The Morgan fingerprint density at radius 2 is 1.95 bits per heavy atom. The van der Waals surface area contributed by atoms with Crippen molar-refractivity contribution < 1.29 is 14.3 Å². The van der Waals surface area contributed by atoms with E-state index in [4.69, 9.17) is 5.11 Å². The highest BCUT2D eigenvalue weighted by Gasteiger charge is 2.15. The quantitative estimate of drug-likeness (QED) is 0.852. The molecule has 0 aromatic heterocycles. The summed E-state index contributed by atoms with van der Waals surface area (Å²) in [6.45, 7) is 5.07. The second kappa shape index (κ2) is 7.09. The van der Waals surface area contributed by atoms with Crippen LogP contribution in [0.2, 0.25) is 0 Å². The topological polar surface area (TPSA) is 43.8 Å². The van der Waals surface area contributed by atoms with E-state index in [2.05, 4.69) is 0 Å². The molecule has 0 radical (unpaired) electrons. The molecule has 0 aliphatic rings. The summed E-state index contributed by atoms with van der Waals surface area (Å²) in [6, 6.07) is 4.51. The molecule has 0 saturated heterocycles. The Hall–Kier alpha value is -1.62. The molecule has 4 nitrogen and oxygen atoms in total. The zero-order valence-electron chi connectivity index (χ0n) is 11.7. The van der Waals surface area contributed by atoms with Crippen LogP contribution in [0.1, 0.15) is 19.4 Å². The molecule has 1 N–H and O–H groups in total. The van der Waals surface area contributed by atoms with Crippen molar-refractivity contribution in [3.63, 3.8) is 0 Å². The summed E-state index contributed by atoms with van der Waals surface area (Å²) in [6.07, 6.45) is 0. The third-order valence-corrected chi connectivity index (χ3v) is 3.09. The number of aliphatic hydroxyl groups is 1. The highest BCUT2D eigenvalue weighted by molar-refractivity contribution is 5.81. The van der Waals surface area contributed by atoms with E-state index < -0.39 is 5.82 Å². The minimum absolute atomic E-state index is 0.0295. The maximum atomic E-state index is 13.8. The number of likely N-dealkylation sites (N-methyl/N-ethyl adjacent to an activating group) is 2. The number of halogens is 1. The van der Waals surface area contributed by atoms with Crippen LogP contribution in [-0.4, -0.2) is 42.6 Å². The molecule has 1 aromatic carbocycles. The normalized spacial score (nSPS) is 10.4. The van der Waals surface area contributed by atoms with Gasteiger partial charge in [-0.1, -0.05) is 6.07 Å². The van der Waals surface area contributed by atoms with Crippen LogP contribution < -0.4 is 4.90 Å². The minimum Gasteiger partial charge on any atom is -0.392 e. The van der Waals surface area contributed by atoms with Gasteiger partial charge in [0.15, 0.2) is 0 Å². The molecule has 0 unspecified atom stereocenters. The second-order valence-corrected chi connectivity index (χ2v) is 4.37. The summed E-state index contributed by atoms with van der Waals surface area (Å²) >= 11 is 0. The molecule has 0 saturated carbocycles. The number of carbonyl (C=O) groups is 1. The van der Waals surface area contributed by atoms with Crippen LogP contribution in [0.3, 0.4) is 0 Å². The molecule has 1 aromatic rings. The maximum Gasteiger partial charge on any atom is 0.242 e. The number of hydrogen-bond donors (Lipinski definition) is 1. The SMILES string of the molecule is CCN(CC)C(=O)CN(C)c1ccc(CO)cc1F. The number of rotatable bonds is 6. The molecule has 1 amide bonds. The van der Waals surface area contributed by atoms with Gasteiger partial charge in [0, 0.05) is 20.1 Å². The number of amides is 1. The largest absolute Gasteiger partial charge is 0.392 e. The number of benzene rings is 1. The molecule has 0 fully saturated rings. The molecular weight excluding hydrogens is 247 g/mol. The molecule has 0 heterocycles. The van der Waals surface area contributed by atoms with Gasteiger partial charge < -0.3 is 14.9 Å². The van der Waals surface area contributed by atoms with Gasteiger partial charge in [-0.05, 0) is 31.5 Å². The first-order valence-corrected chi connectivity index (χ1v) is 6.41. The van der Waals surface area contributed by atoms with Crippen molar-refractivity contribution in [1.29, 1.82) is 0 Å². The first kappa shape index (κ1) is 15.4. The van der Waals surface area contributed by atoms with E-state index in [1.807, 2.05) is 13.8 Å². The maximum absolute atomic E-state index is 13.8. The molecule has 106 valence electrons. The molecule has 1 rings (SSSR count). The molecule has 0 aliphatic heterocycles. The van der Waals surface area contributed by atoms with Crippen molar-refractivity contribution in [3.8, 4) is 0 Å². The van der Waals surface area contributed by atoms with E-state index in [0.29, 0.717) is 24.3 Å². The number of nitrogens with zero attached hydrogens (tertiary/aromatic N) is 2. The van der Waals surface area contributed by atoms with E-state index in [0.717, 1.165) is 0 Å². The van der Waals surface area contributed by atoms with Crippen LogP contribution in [0.5, 0.6) is 0 Å². The van der Waals surface area contributed by atoms with Crippen molar-refractivity contribution in [3.05, 3.63) is 29.6 Å². The van der Waals surface area contributed by atoms with Crippen LogP contribution in [-0.2, 0) is 11.4 Å². The van der Waals surface area contributed by atoms with Crippen LogP contribution in [0, 0.1) is 5.82 Å². The van der Waals surface area contributed by atoms with E-state index in [9.17, 15) is 9.18 Å². The average molecular weight is 268 g/mol. The lowest BCUT2D eigenvalue weighted by atomic mass is 10.2. The summed E-state index contributed by atoms with van der Waals surface area (Å²) in [7, 11) is 1.68. The Kier molecular flexibility index (Phi) is 5.76. The monoisotopic (exact) mass is 268 g/mol. The molecule has 0 atom stereocenters. The Bertz CT molecular complexity index is 433. The van der Waals surface area contributed by atoms with Crippen molar-refractivity contribution in [2.45, 2.75) is 20.5 Å². The van der Waals surface area contributed by atoms with Crippen molar-refractivity contribution in [2.24, 2.45) is 0 Å².